The number of likely N-dealkylation sites (N-methyl/N-ethyl adjacent to an activating group) is 1. The number of carbonyl (C=O) groups excluding carboxylic acids is 2. The molecule has 7 heteroatoms. The van der Waals surface area contributed by atoms with Gasteiger partial charge >= 0.3 is 0 Å². The number of carbonyl (C=O) groups is 2. The number of amides is 2. The highest BCUT2D eigenvalue weighted by atomic mass is 16.5. The normalized spacial score (nSPS) is 24.1. The van der Waals surface area contributed by atoms with Gasteiger partial charge in [-0.25, -0.2) is 0 Å². The quantitative estimate of drug-likeness (QED) is 0.790. The number of aromatic amines is 1. The molecule has 0 saturated carbocycles. The standard InChI is InChI=1S/C20H32N4O3/c1-4-23(5-2)20(26)18-12-15(13-24(18)16-7-10-27-11-8-16)22-19(25)17-6-9-21-14(17)3/h6,9,15-16,18,21H,4-5,7-8,10-13H2,1-3H3,(H,22,25)/t15-,18-/m0/s1. The van der Waals surface area contributed by atoms with Gasteiger partial charge in [-0.3, -0.25) is 14.5 Å². The lowest BCUT2D eigenvalue weighted by atomic mass is 10.0. The Balaban J connectivity index is 1.73. The summed E-state index contributed by atoms with van der Waals surface area (Å²) >= 11 is 0. The molecular formula is C20H32N4O3. The first-order chi connectivity index (χ1) is 13.0. The average Bonchev–Trinajstić information content (AvgIpc) is 3.29. The number of H-pyrrole nitrogens is 1. The summed E-state index contributed by atoms with van der Waals surface area (Å²) in [6, 6.07) is 1.97. The summed E-state index contributed by atoms with van der Waals surface area (Å²) in [5, 5.41) is 3.15. The fourth-order valence-corrected chi connectivity index (χ4v) is 4.34. The van der Waals surface area contributed by atoms with Gasteiger partial charge in [0, 0.05) is 56.8 Å². The molecule has 2 aliphatic heterocycles. The molecule has 2 amide bonds. The molecule has 0 aliphatic carbocycles. The van der Waals surface area contributed by atoms with E-state index in [4.69, 9.17) is 4.74 Å². The average molecular weight is 377 g/mol. The highest BCUT2D eigenvalue weighted by Crippen LogP contribution is 2.27. The molecule has 3 heterocycles. The Morgan fingerprint density at radius 2 is 2.00 bits per heavy atom. The second kappa shape index (κ2) is 8.89. The van der Waals surface area contributed by atoms with Crippen molar-refractivity contribution in [2.24, 2.45) is 0 Å². The third-order valence-electron chi connectivity index (χ3n) is 5.89. The monoisotopic (exact) mass is 376 g/mol. The minimum Gasteiger partial charge on any atom is -0.381 e. The molecule has 3 rings (SSSR count). The maximum atomic E-state index is 13.1. The molecular weight excluding hydrogens is 344 g/mol. The van der Waals surface area contributed by atoms with E-state index in [1.54, 1.807) is 12.3 Å². The van der Waals surface area contributed by atoms with Crippen LogP contribution in [-0.4, -0.2) is 77.6 Å². The van der Waals surface area contributed by atoms with Gasteiger partial charge in [-0.05, 0) is 46.1 Å². The molecule has 0 unspecified atom stereocenters. The number of likely N-dealkylation sites (tertiary alicyclic amines) is 1. The van der Waals surface area contributed by atoms with Crippen LogP contribution in [0, 0.1) is 6.92 Å². The van der Waals surface area contributed by atoms with E-state index in [2.05, 4.69) is 15.2 Å². The minimum atomic E-state index is -0.161. The van der Waals surface area contributed by atoms with E-state index in [0.29, 0.717) is 31.1 Å². The third kappa shape index (κ3) is 4.35. The van der Waals surface area contributed by atoms with Gasteiger partial charge in [0.25, 0.3) is 5.91 Å². The molecule has 0 bridgehead atoms. The van der Waals surface area contributed by atoms with E-state index in [1.165, 1.54) is 0 Å². The first-order valence-corrected chi connectivity index (χ1v) is 10.1. The highest BCUT2D eigenvalue weighted by Gasteiger charge is 2.42. The summed E-state index contributed by atoms with van der Waals surface area (Å²) in [6.07, 6.45) is 4.33. The van der Waals surface area contributed by atoms with E-state index in [1.807, 2.05) is 25.7 Å². The second-order valence-corrected chi connectivity index (χ2v) is 7.49. The Hall–Kier alpha value is -1.86. The fraction of sp³-hybridized carbons (Fsp3) is 0.700. The van der Waals surface area contributed by atoms with Crippen LogP contribution in [0.2, 0.25) is 0 Å². The Labute approximate surface area is 161 Å². The number of rotatable bonds is 6. The van der Waals surface area contributed by atoms with Gasteiger partial charge in [0.15, 0.2) is 0 Å². The van der Waals surface area contributed by atoms with Crippen molar-refractivity contribution in [1.29, 1.82) is 0 Å². The fourth-order valence-electron chi connectivity index (χ4n) is 4.34. The van der Waals surface area contributed by atoms with Crippen molar-refractivity contribution in [3.8, 4) is 0 Å². The first-order valence-electron chi connectivity index (χ1n) is 10.1. The highest BCUT2D eigenvalue weighted by molar-refractivity contribution is 5.95. The molecule has 1 aromatic heterocycles. The lowest BCUT2D eigenvalue weighted by Gasteiger charge is -2.36. The molecule has 0 radical (unpaired) electrons. The lowest BCUT2D eigenvalue weighted by molar-refractivity contribution is -0.137. The van der Waals surface area contributed by atoms with Crippen LogP contribution >= 0.6 is 0 Å². The van der Waals surface area contributed by atoms with Crippen molar-refractivity contribution in [2.45, 2.75) is 58.2 Å². The maximum Gasteiger partial charge on any atom is 0.253 e. The Kier molecular flexibility index (Phi) is 6.55. The van der Waals surface area contributed by atoms with Crippen molar-refractivity contribution in [3.63, 3.8) is 0 Å². The third-order valence-corrected chi connectivity index (χ3v) is 5.89. The molecule has 2 saturated heterocycles. The summed E-state index contributed by atoms with van der Waals surface area (Å²) < 4.78 is 5.50. The summed E-state index contributed by atoms with van der Waals surface area (Å²) in [7, 11) is 0. The summed E-state index contributed by atoms with van der Waals surface area (Å²) in [5.41, 5.74) is 1.54. The molecule has 2 fully saturated rings. The lowest BCUT2D eigenvalue weighted by Crippen LogP contribution is -2.50. The Bertz CT molecular complexity index is 649. The van der Waals surface area contributed by atoms with E-state index in [-0.39, 0.29) is 23.9 Å². The van der Waals surface area contributed by atoms with E-state index in [9.17, 15) is 9.59 Å². The predicted octanol–water partition coefficient (Wildman–Crippen LogP) is 1.54. The smallest absolute Gasteiger partial charge is 0.253 e. The number of aryl methyl sites for hydroxylation is 1. The minimum absolute atomic E-state index is 0.0147. The van der Waals surface area contributed by atoms with Crippen LogP contribution in [0.4, 0.5) is 0 Å². The maximum absolute atomic E-state index is 13.1. The van der Waals surface area contributed by atoms with Gasteiger partial charge in [-0.1, -0.05) is 0 Å². The van der Waals surface area contributed by atoms with Crippen LogP contribution in [0.5, 0.6) is 0 Å². The van der Waals surface area contributed by atoms with E-state index in [0.717, 1.165) is 38.3 Å². The van der Waals surface area contributed by atoms with Crippen molar-refractivity contribution < 1.29 is 14.3 Å². The summed E-state index contributed by atoms with van der Waals surface area (Å²) in [5.74, 6) is 0.114. The molecule has 27 heavy (non-hydrogen) atoms. The van der Waals surface area contributed by atoms with Crippen LogP contribution in [0.25, 0.3) is 0 Å². The molecule has 150 valence electrons. The van der Waals surface area contributed by atoms with Gasteiger partial charge < -0.3 is 19.9 Å². The molecule has 0 spiro atoms. The number of aromatic nitrogens is 1. The first kappa shape index (κ1) is 19.9. The zero-order valence-electron chi connectivity index (χ0n) is 16.7. The zero-order chi connectivity index (χ0) is 19.4. The number of hydrogen-bond acceptors (Lipinski definition) is 4. The van der Waals surface area contributed by atoms with Gasteiger partial charge in [-0.15, -0.1) is 0 Å². The molecule has 2 atom stereocenters. The van der Waals surface area contributed by atoms with Crippen molar-refractivity contribution in [1.82, 2.24) is 20.1 Å². The SMILES string of the molecule is CCN(CC)C(=O)[C@@H]1C[C@H](NC(=O)c2cc[nH]c2C)CN1C1CCOCC1. The predicted molar refractivity (Wildman–Crippen MR) is 104 cm³/mol. The number of nitrogens with zero attached hydrogens (tertiary/aromatic N) is 2. The van der Waals surface area contributed by atoms with Gasteiger partial charge in [0.05, 0.1) is 11.6 Å². The number of hydrogen-bond donors (Lipinski definition) is 2. The van der Waals surface area contributed by atoms with Gasteiger partial charge in [0.2, 0.25) is 5.91 Å². The van der Waals surface area contributed by atoms with E-state index < -0.39 is 0 Å². The van der Waals surface area contributed by atoms with Crippen molar-refractivity contribution in [3.05, 3.63) is 23.5 Å². The number of ether oxygens (including phenoxy) is 1. The molecule has 0 aromatic carbocycles. The van der Waals surface area contributed by atoms with Crippen LogP contribution in [-0.2, 0) is 9.53 Å². The Morgan fingerprint density at radius 1 is 1.30 bits per heavy atom. The molecule has 7 nitrogen and oxygen atoms in total. The van der Waals surface area contributed by atoms with Crippen LogP contribution < -0.4 is 5.32 Å². The number of nitrogens with one attached hydrogen (secondary N) is 2. The van der Waals surface area contributed by atoms with Crippen LogP contribution in [0.1, 0.15) is 49.2 Å². The second-order valence-electron chi connectivity index (χ2n) is 7.49. The molecule has 2 N–H and O–H groups in total. The zero-order valence-corrected chi connectivity index (χ0v) is 16.7. The van der Waals surface area contributed by atoms with E-state index >= 15 is 0 Å². The largest absolute Gasteiger partial charge is 0.381 e. The summed E-state index contributed by atoms with van der Waals surface area (Å²) in [4.78, 5) is 33.0. The van der Waals surface area contributed by atoms with Crippen LogP contribution in [0.3, 0.4) is 0 Å². The Morgan fingerprint density at radius 3 is 2.59 bits per heavy atom. The van der Waals surface area contributed by atoms with Gasteiger partial charge in [-0.2, -0.15) is 0 Å². The topological polar surface area (TPSA) is 77.7 Å². The van der Waals surface area contributed by atoms with Crippen LogP contribution in [0.15, 0.2) is 12.3 Å². The molecule has 2 aliphatic rings. The van der Waals surface area contributed by atoms with Crippen molar-refractivity contribution >= 4 is 11.8 Å². The summed E-state index contributed by atoms with van der Waals surface area (Å²) in [6.45, 7) is 9.56. The van der Waals surface area contributed by atoms with Gasteiger partial charge in [0.1, 0.15) is 0 Å². The van der Waals surface area contributed by atoms with Crippen molar-refractivity contribution in [2.75, 3.05) is 32.8 Å². The molecule has 1 aromatic rings.